The maximum absolute atomic E-state index is 15.1. The van der Waals surface area contributed by atoms with E-state index >= 15 is 8.78 Å². The Labute approximate surface area is 218 Å². The summed E-state index contributed by atoms with van der Waals surface area (Å²) < 4.78 is 40.2. The van der Waals surface area contributed by atoms with Gasteiger partial charge in [-0.2, -0.15) is 0 Å². The Morgan fingerprint density at radius 3 is 2.39 bits per heavy atom. The van der Waals surface area contributed by atoms with E-state index in [4.69, 9.17) is 4.74 Å². The Morgan fingerprint density at radius 2 is 1.68 bits per heavy atom. The van der Waals surface area contributed by atoms with Crippen molar-refractivity contribution in [2.24, 2.45) is 0 Å². The fraction of sp³-hybridized carbons (Fsp3) is 0.207. The number of nitrogens with one attached hydrogen (secondary N) is 1. The normalized spacial score (nSPS) is 15.3. The van der Waals surface area contributed by atoms with Crippen LogP contribution in [0.1, 0.15) is 39.6 Å². The molecule has 7 nitrogen and oxygen atoms in total. The number of alkyl halides is 2. The molecule has 196 valence electrons. The first kappa shape index (κ1) is 26.5. The van der Waals surface area contributed by atoms with Crippen LogP contribution in [0, 0.1) is 0 Å². The van der Waals surface area contributed by atoms with E-state index < -0.39 is 29.8 Å². The summed E-state index contributed by atoms with van der Waals surface area (Å²) in [4.78, 5) is 39.3. The van der Waals surface area contributed by atoms with Gasteiger partial charge in [-0.3, -0.25) is 9.59 Å². The van der Waals surface area contributed by atoms with Crippen LogP contribution in [0.25, 0.3) is 5.57 Å². The number of rotatable bonds is 6. The fourth-order valence-electron chi connectivity index (χ4n) is 4.20. The number of halogens is 2. The van der Waals surface area contributed by atoms with Gasteiger partial charge >= 0.3 is 5.97 Å². The summed E-state index contributed by atoms with van der Waals surface area (Å²) in [6, 6.07) is 19.2. The van der Waals surface area contributed by atoms with E-state index in [-0.39, 0.29) is 29.3 Å². The molecular weight excluding hydrogens is 494 g/mol. The molecule has 1 aliphatic heterocycles. The minimum absolute atomic E-state index is 0.0746. The van der Waals surface area contributed by atoms with Crippen molar-refractivity contribution in [3.63, 3.8) is 0 Å². The van der Waals surface area contributed by atoms with Crippen molar-refractivity contribution in [2.45, 2.75) is 19.3 Å². The van der Waals surface area contributed by atoms with Crippen LogP contribution in [0.4, 0.5) is 20.2 Å². The van der Waals surface area contributed by atoms with Gasteiger partial charge in [-0.05, 0) is 49.4 Å². The van der Waals surface area contributed by atoms with E-state index in [9.17, 15) is 14.4 Å². The maximum Gasteiger partial charge on any atom is 0.330 e. The average molecular weight is 521 g/mol. The summed E-state index contributed by atoms with van der Waals surface area (Å²) in [6.45, 7) is 1.96. The van der Waals surface area contributed by atoms with E-state index in [0.29, 0.717) is 23.6 Å². The number of fused-ring (bicyclic) bond motifs is 1. The lowest BCUT2D eigenvalue weighted by Crippen LogP contribution is -2.33. The third-order valence-corrected chi connectivity index (χ3v) is 6.06. The number of hydrogen-bond donors (Lipinski definition) is 1. The Morgan fingerprint density at radius 1 is 1.00 bits per heavy atom. The number of ether oxygens (including phenoxy) is 2. The third kappa shape index (κ3) is 5.56. The first-order valence-corrected chi connectivity index (χ1v) is 12.0. The summed E-state index contributed by atoms with van der Waals surface area (Å²) >= 11 is 0. The number of para-hydroxylation sites is 2. The van der Waals surface area contributed by atoms with Crippen LogP contribution in [0.5, 0.6) is 5.75 Å². The van der Waals surface area contributed by atoms with Crippen LogP contribution in [-0.2, 0) is 9.53 Å². The number of nitrogens with zero attached hydrogens (tertiary/aromatic N) is 1. The molecule has 4 rings (SSSR count). The van der Waals surface area contributed by atoms with Gasteiger partial charge < -0.3 is 19.7 Å². The van der Waals surface area contributed by atoms with Crippen molar-refractivity contribution in [3.05, 3.63) is 95.6 Å². The van der Waals surface area contributed by atoms with Crippen LogP contribution in [0.15, 0.2) is 78.9 Å². The summed E-state index contributed by atoms with van der Waals surface area (Å²) in [7, 11) is 1.11. The van der Waals surface area contributed by atoms with Crippen molar-refractivity contribution in [2.75, 3.05) is 30.5 Å². The molecule has 1 heterocycles. The number of allylic oxidation sites excluding steroid dienone is 1. The topological polar surface area (TPSA) is 84.9 Å². The highest BCUT2D eigenvalue weighted by molar-refractivity contribution is 6.10. The predicted octanol–water partition coefficient (Wildman–Crippen LogP) is 5.58. The van der Waals surface area contributed by atoms with Gasteiger partial charge in [0.1, 0.15) is 5.75 Å². The van der Waals surface area contributed by atoms with Gasteiger partial charge in [0.05, 0.1) is 25.0 Å². The molecule has 0 unspecified atom stereocenters. The number of hydrogen-bond acceptors (Lipinski definition) is 5. The largest absolute Gasteiger partial charge is 0.493 e. The molecule has 0 fully saturated rings. The molecule has 1 N–H and O–H groups in total. The second kappa shape index (κ2) is 11.2. The molecule has 3 aromatic carbocycles. The molecule has 1 aliphatic rings. The van der Waals surface area contributed by atoms with Crippen molar-refractivity contribution in [1.82, 2.24) is 0 Å². The van der Waals surface area contributed by atoms with E-state index in [1.54, 1.807) is 54.6 Å². The van der Waals surface area contributed by atoms with Crippen LogP contribution in [0.2, 0.25) is 0 Å². The molecule has 0 aromatic heterocycles. The molecule has 0 radical (unpaired) electrons. The zero-order chi connectivity index (χ0) is 27.3. The van der Waals surface area contributed by atoms with Gasteiger partial charge in [0.25, 0.3) is 17.7 Å². The minimum atomic E-state index is -3.36. The summed E-state index contributed by atoms with van der Waals surface area (Å²) in [5, 5.41) is 2.77. The zero-order valence-corrected chi connectivity index (χ0v) is 20.9. The Balaban J connectivity index is 1.59. The number of amides is 2. The molecule has 0 saturated carbocycles. The van der Waals surface area contributed by atoms with Crippen LogP contribution >= 0.6 is 0 Å². The minimum Gasteiger partial charge on any atom is -0.493 e. The summed E-state index contributed by atoms with van der Waals surface area (Å²) in [6.07, 6.45) is 0.0949. The summed E-state index contributed by atoms with van der Waals surface area (Å²) in [5.41, 5.74) is 0.897. The first-order valence-electron chi connectivity index (χ1n) is 12.0. The lowest BCUT2D eigenvalue weighted by molar-refractivity contribution is -0.134. The maximum atomic E-state index is 15.1. The number of benzene rings is 3. The second-order valence-corrected chi connectivity index (χ2v) is 8.47. The van der Waals surface area contributed by atoms with Gasteiger partial charge in [0.15, 0.2) is 0 Å². The monoisotopic (exact) mass is 520 g/mol. The van der Waals surface area contributed by atoms with Gasteiger partial charge in [-0.15, -0.1) is 0 Å². The van der Waals surface area contributed by atoms with Crippen LogP contribution in [-0.4, -0.2) is 44.0 Å². The van der Waals surface area contributed by atoms with E-state index in [2.05, 4.69) is 10.1 Å². The van der Waals surface area contributed by atoms with Crippen LogP contribution < -0.4 is 15.0 Å². The molecule has 3 aromatic rings. The van der Waals surface area contributed by atoms with Gasteiger partial charge in [-0.25, -0.2) is 13.6 Å². The Kier molecular flexibility index (Phi) is 7.85. The SMILES string of the molecule is CCOc1ccccc1C(=O)Nc1ccc(C(=O)N2CCC(F)(F)/C(=C\C(=O)OC)c3ccccc32)cc1. The Hall–Kier alpha value is -4.53. The molecule has 0 bridgehead atoms. The summed E-state index contributed by atoms with van der Waals surface area (Å²) in [5.74, 6) is -4.67. The molecular formula is C29H26F2N2O5. The predicted molar refractivity (Wildman–Crippen MR) is 140 cm³/mol. The van der Waals surface area contributed by atoms with Crippen molar-refractivity contribution in [1.29, 1.82) is 0 Å². The van der Waals surface area contributed by atoms with E-state index in [0.717, 1.165) is 13.2 Å². The quantitative estimate of drug-likeness (QED) is 0.339. The number of carbonyl (C=O) groups excluding carboxylic acids is 3. The van der Waals surface area contributed by atoms with Gasteiger partial charge in [-0.1, -0.05) is 30.3 Å². The number of methoxy groups -OCH3 is 1. The molecule has 0 atom stereocenters. The lowest BCUT2D eigenvalue weighted by Gasteiger charge is -2.23. The van der Waals surface area contributed by atoms with E-state index in [1.165, 1.54) is 23.1 Å². The molecule has 0 spiro atoms. The molecule has 9 heteroatoms. The van der Waals surface area contributed by atoms with Crippen molar-refractivity contribution < 1.29 is 32.6 Å². The standard InChI is InChI=1S/C29H26F2N2O5/c1-3-38-25-11-7-5-9-22(25)27(35)32-20-14-12-19(13-15-20)28(36)33-17-16-29(30,31)23(18-26(34)37-2)21-8-4-6-10-24(21)33/h4-15,18H,3,16-17H2,1-2H3,(H,32,35)/b23-18-. The van der Waals surface area contributed by atoms with Crippen LogP contribution in [0.3, 0.4) is 0 Å². The highest BCUT2D eigenvalue weighted by Gasteiger charge is 2.41. The van der Waals surface area contributed by atoms with Crippen molar-refractivity contribution in [3.8, 4) is 5.75 Å². The first-order chi connectivity index (χ1) is 18.2. The smallest absolute Gasteiger partial charge is 0.330 e. The Bertz CT molecular complexity index is 1390. The zero-order valence-electron chi connectivity index (χ0n) is 20.9. The highest BCUT2D eigenvalue weighted by atomic mass is 19.3. The van der Waals surface area contributed by atoms with E-state index in [1.807, 2.05) is 6.92 Å². The fourth-order valence-corrected chi connectivity index (χ4v) is 4.20. The molecule has 2 amide bonds. The average Bonchev–Trinajstić information content (AvgIpc) is 3.03. The molecule has 0 aliphatic carbocycles. The second-order valence-electron chi connectivity index (χ2n) is 8.47. The molecule has 0 saturated heterocycles. The molecule has 38 heavy (non-hydrogen) atoms. The van der Waals surface area contributed by atoms with Gasteiger partial charge in [0.2, 0.25) is 0 Å². The third-order valence-electron chi connectivity index (χ3n) is 6.06. The number of carbonyl (C=O) groups is 3. The number of anilines is 2. The lowest BCUT2D eigenvalue weighted by atomic mass is 9.97. The number of esters is 1. The highest BCUT2D eigenvalue weighted by Crippen LogP contribution is 2.43. The van der Waals surface area contributed by atoms with Crippen molar-refractivity contribution >= 4 is 34.7 Å². The van der Waals surface area contributed by atoms with Gasteiger partial charge in [0, 0.05) is 41.4 Å².